The zero-order valence-corrected chi connectivity index (χ0v) is 23.0. The number of Topliss-reactive ketones (excluding diaryl/α,β-unsaturated/α-hetero) is 1. The first-order valence-corrected chi connectivity index (χ1v) is 13.4. The van der Waals surface area contributed by atoms with Crippen molar-refractivity contribution in [2.75, 3.05) is 19.6 Å². The number of amides is 5. The first kappa shape index (κ1) is 30.8. The van der Waals surface area contributed by atoms with E-state index >= 15 is 0 Å². The summed E-state index contributed by atoms with van der Waals surface area (Å²) in [5.74, 6) is -7.12. The number of aromatic carboxylic acids is 1. The number of rotatable bonds is 9. The average molecular weight is 596 g/mol. The topological polar surface area (TPSA) is 223 Å². The van der Waals surface area contributed by atoms with Gasteiger partial charge < -0.3 is 40.5 Å². The van der Waals surface area contributed by atoms with Crippen LogP contribution in [-0.2, 0) is 20.8 Å². The number of fused-ring (bicyclic) bond motifs is 1. The van der Waals surface area contributed by atoms with Crippen molar-refractivity contribution in [3.8, 4) is 17.2 Å². The maximum Gasteiger partial charge on any atom is 0.547 e. The lowest BCUT2D eigenvalue weighted by Gasteiger charge is -2.33. The summed E-state index contributed by atoms with van der Waals surface area (Å²) in [5.41, 5.74) is -0.00464. The van der Waals surface area contributed by atoms with Crippen LogP contribution in [0.15, 0.2) is 36.4 Å². The number of ketones is 1. The number of benzene rings is 2. The Morgan fingerprint density at radius 1 is 1.05 bits per heavy atom. The Labute approximate surface area is 245 Å². The third kappa shape index (κ3) is 6.53. The fourth-order valence-corrected chi connectivity index (χ4v) is 4.83. The van der Waals surface area contributed by atoms with Gasteiger partial charge in [-0.25, -0.2) is 9.59 Å². The fourth-order valence-electron chi connectivity index (χ4n) is 4.83. The summed E-state index contributed by atoms with van der Waals surface area (Å²) in [6, 6.07) is 5.59. The van der Waals surface area contributed by atoms with E-state index in [9.17, 15) is 49.1 Å². The highest BCUT2D eigenvalue weighted by molar-refractivity contribution is 6.47. The summed E-state index contributed by atoms with van der Waals surface area (Å²) in [6.45, 7) is 1.89. The molecule has 0 aromatic heterocycles. The van der Waals surface area contributed by atoms with Crippen LogP contribution in [0.5, 0.6) is 17.2 Å². The zero-order chi connectivity index (χ0) is 31.4. The highest BCUT2D eigenvalue weighted by Gasteiger charge is 2.40. The van der Waals surface area contributed by atoms with Crippen molar-refractivity contribution in [3.05, 3.63) is 53.1 Å². The molecule has 2 aromatic carbocycles. The molecule has 0 radical (unpaired) electrons. The van der Waals surface area contributed by atoms with E-state index in [1.807, 2.05) is 0 Å². The van der Waals surface area contributed by atoms with Crippen LogP contribution in [0, 0.1) is 0 Å². The molecule has 4 rings (SSSR count). The Morgan fingerprint density at radius 2 is 1.74 bits per heavy atom. The van der Waals surface area contributed by atoms with E-state index in [0.717, 1.165) is 0 Å². The second kappa shape index (κ2) is 12.8. The van der Waals surface area contributed by atoms with Crippen LogP contribution >= 0.6 is 0 Å². The van der Waals surface area contributed by atoms with Crippen molar-refractivity contribution in [3.63, 3.8) is 0 Å². The molecule has 2 aromatic rings. The molecule has 2 heterocycles. The number of hydrogen-bond acceptors (Lipinski definition) is 10. The minimum atomic E-state index is -1.67. The predicted octanol–water partition coefficient (Wildman–Crippen LogP) is -0.333. The van der Waals surface area contributed by atoms with Crippen LogP contribution in [0.4, 0.5) is 4.79 Å². The molecule has 2 aliphatic rings. The molecule has 0 spiro atoms. The lowest BCUT2D eigenvalue weighted by atomic mass is 9.72. The number of para-hydroxylation sites is 2. The SMILES string of the molecule is CCN1CCN(C(=O)N[C@H](CCC(=O)c2cccc(O)c2O)C(=O)N[C@H]2Cc3cccc(C(=O)O)c3OB2O)C(=O)C1=O. The van der Waals surface area contributed by atoms with Gasteiger partial charge >= 0.3 is 30.9 Å². The van der Waals surface area contributed by atoms with E-state index < -0.39 is 72.5 Å². The quantitative estimate of drug-likeness (QED) is 0.0951. The van der Waals surface area contributed by atoms with Crippen molar-refractivity contribution in [2.45, 2.75) is 38.2 Å². The van der Waals surface area contributed by atoms with Crippen molar-refractivity contribution in [1.29, 1.82) is 0 Å². The number of carboxylic acid groups (broad SMARTS) is 1. The van der Waals surface area contributed by atoms with E-state index in [1.165, 1.54) is 35.2 Å². The number of imide groups is 1. The molecule has 1 fully saturated rings. The van der Waals surface area contributed by atoms with Crippen molar-refractivity contribution < 1.29 is 53.8 Å². The highest BCUT2D eigenvalue weighted by atomic mass is 16.5. The van der Waals surface area contributed by atoms with Crippen LogP contribution < -0.4 is 15.3 Å². The largest absolute Gasteiger partial charge is 0.547 e. The molecular weight excluding hydrogens is 567 g/mol. The number of likely N-dealkylation sites (N-methyl/N-ethyl adjacent to an activating group) is 1. The number of aromatic hydroxyl groups is 2. The van der Waals surface area contributed by atoms with E-state index in [1.54, 1.807) is 13.0 Å². The lowest BCUT2D eigenvalue weighted by Crippen LogP contribution is -2.62. The van der Waals surface area contributed by atoms with Crippen LogP contribution in [0.25, 0.3) is 0 Å². The standard InChI is InChI=1S/C27H29BN4O11/c1-2-31-11-12-32(25(38)24(31)37)27(41)29-17(9-10-18(33)15-6-4-8-19(34)21(15)35)23(36)30-20-13-14-5-3-7-16(26(39)40)22(14)43-28(20)42/h3-8,17,20,34-35,42H,2,9-13H2,1H3,(H,29,41)(H,30,36)(H,39,40)/t17-,20+/m1/s1. The molecule has 2 atom stereocenters. The smallest absolute Gasteiger partial charge is 0.534 e. The average Bonchev–Trinajstić information content (AvgIpc) is 2.97. The fraction of sp³-hybridized carbons (Fsp3) is 0.333. The molecular formula is C27H29BN4O11. The Hall–Kier alpha value is -5.12. The summed E-state index contributed by atoms with van der Waals surface area (Å²) in [6.07, 6.45) is -0.779. The molecule has 1 saturated heterocycles. The van der Waals surface area contributed by atoms with Gasteiger partial charge in [0, 0.05) is 26.1 Å². The summed E-state index contributed by atoms with van der Waals surface area (Å²) >= 11 is 0. The summed E-state index contributed by atoms with van der Waals surface area (Å²) in [4.78, 5) is 77.6. The number of phenols is 2. The molecule has 0 aliphatic carbocycles. The molecule has 0 bridgehead atoms. The molecule has 5 amide bonds. The van der Waals surface area contributed by atoms with Crippen LogP contribution in [-0.4, -0.2) is 104 Å². The van der Waals surface area contributed by atoms with Gasteiger partial charge in [-0.1, -0.05) is 18.2 Å². The number of nitrogens with zero attached hydrogens (tertiary/aromatic N) is 2. The molecule has 0 unspecified atom stereocenters. The molecule has 15 nitrogen and oxygen atoms in total. The molecule has 6 N–H and O–H groups in total. The summed E-state index contributed by atoms with van der Waals surface area (Å²) in [5, 5.41) is 44.6. The Balaban J connectivity index is 1.52. The number of phenolic OH excluding ortho intramolecular Hbond substituents is 2. The van der Waals surface area contributed by atoms with Gasteiger partial charge in [-0.3, -0.25) is 24.1 Å². The van der Waals surface area contributed by atoms with Gasteiger partial charge in [0.15, 0.2) is 17.3 Å². The minimum Gasteiger partial charge on any atom is -0.534 e. The van der Waals surface area contributed by atoms with Crippen molar-refractivity contribution >= 4 is 42.6 Å². The van der Waals surface area contributed by atoms with Gasteiger partial charge in [-0.2, -0.15) is 0 Å². The first-order chi connectivity index (χ1) is 20.4. The van der Waals surface area contributed by atoms with Crippen LogP contribution in [0.2, 0.25) is 0 Å². The number of carbonyl (C=O) groups excluding carboxylic acids is 5. The number of urea groups is 1. The number of carbonyl (C=O) groups is 6. The van der Waals surface area contributed by atoms with Gasteiger partial charge in [-0.15, -0.1) is 0 Å². The van der Waals surface area contributed by atoms with E-state index in [-0.39, 0.29) is 49.4 Å². The third-order valence-electron chi connectivity index (χ3n) is 7.20. The van der Waals surface area contributed by atoms with Gasteiger partial charge in [0.05, 0.1) is 17.1 Å². The second-order valence-electron chi connectivity index (χ2n) is 9.91. The van der Waals surface area contributed by atoms with Gasteiger partial charge in [0.25, 0.3) is 0 Å². The molecule has 0 saturated carbocycles. The maximum absolute atomic E-state index is 13.4. The Bertz CT molecular complexity index is 1480. The molecule has 43 heavy (non-hydrogen) atoms. The molecule has 16 heteroatoms. The lowest BCUT2D eigenvalue weighted by molar-refractivity contribution is -0.153. The van der Waals surface area contributed by atoms with E-state index in [0.29, 0.717) is 10.5 Å². The molecule has 226 valence electrons. The zero-order valence-electron chi connectivity index (χ0n) is 23.0. The van der Waals surface area contributed by atoms with Crippen molar-refractivity contribution in [2.24, 2.45) is 0 Å². The van der Waals surface area contributed by atoms with Crippen LogP contribution in [0.1, 0.15) is 46.0 Å². The predicted molar refractivity (Wildman–Crippen MR) is 147 cm³/mol. The Morgan fingerprint density at radius 3 is 2.44 bits per heavy atom. The minimum absolute atomic E-state index is 0.0356. The van der Waals surface area contributed by atoms with Gasteiger partial charge in [0.1, 0.15) is 11.8 Å². The van der Waals surface area contributed by atoms with E-state index in [4.69, 9.17) is 4.65 Å². The maximum atomic E-state index is 13.4. The second-order valence-corrected chi connectivity index (χ2v) is 9.91. The summed E-state index contributed by atoms with van der Waals surface area (Å²) in [7, 11) is -1.67. The number of carboxylic acids is 1. The molecule has 2 aliphatic heterocycles. The van der Waals surface area contributed by atoms with Crippen LogP contribution in [0.3, 0.4) is 0 Å². The van der Waals surface area contributed by atoms with Gasteiger partial charge in [0.2, 0.25) is 5.91 Å². The number of hydrogen-bond donors (Lipinski definition) is 6. The third-order valence-corrected chi connectivity index (χ3v) is 7.20. The monoisotopic (exact) mass is 596 g/mol. The normalized spacial score (nSPS) is 17.1. The highest BCUT2D eigenvalue weighted by Crippen LogP contribution is 2.31. The first-order valence-electron chi connectivity index (χ1n) is 13.4. The van der Waals surface area contributed by atoms with Gasteiger partial charge in [-0.05, 0) is 43.5 Å². The Kier molecular flexibility index (Phi) is 9.19. The van der Waals surface area contributed by atoms with E-state index in [2.05, 4.69) is 10.6 Å². The number of piperazine rings is 1. The summed E-state index contributed by atoms with van der Waals surface area (Å²) < 4.78 is 5.39. The van der Waals surface area contributed by atoms with Crippen molar-refractivity contribution in [1.82, 2.24) is 20.4 Å². The number of nitrogens with one attached hydrogen (secondary N) is 2.